The highest BCUT2D eigenvalue weighted by atomic mass is 16.7. The minimum Gasteiger partial charge on any atom is -0.473 e. The van der Waals surface area contributed by atoms with E-state index in [-0.39, 0.29) is 0 Å². The first-order chi connectivity index (χ1) is 6.90. The van der Waals surface area contributed by atoms with E-state index in [1.807, 2.05) is 30.3 Å². The molecule has 0 unspecified atom stereocenters. The van der Waals surface area contributed by atoms with Crippen molar-refractivity contribution in [2.75, 3.05) is 6.61 Å². The lowest BCUT2D eigenvalue weighted by atomic mass is 10.2. The van der Waals surface area contributed by atoms with Crippen LogP contribution < -0.4 is 10.3 Å². The van der Waals surface area contributed by atoms with Crippen molar-refractivity contribution in [1.82, 2.24) is 5.48 Å². The molecule has 0 spiro atoms. The molecule has 1 aromatic rings. The zero-order valence-electron chi connectivity index (χ0n) is 7.69. The number of nitrogens with one attached hydrogen (secondary N) is 1. The first-order valence-corrected chi connectivity index (χ1v) is 4.37. The molecule has 0 bridgehead atoms. The average Bonchev–Trinajstić information content (AvgIpc) is 2.26. The minimum absolute atomic E-state index is 0.463. The van der Waals surface area contributed by atoms with Gasteiger partial charge < -0.3 is 9.57 Å². The highest BCUT2D eigenvalue weighted by Crippen LogP contribution is 2.23. The third-order valence-corrected chi connectivity index (χ3v) is 1.82. The minimum atomic E-state index is 0.463. The van der Waals surface area contributed by atoms with Crippen molar-refractivity contribution in [3.05, 3.63) is 48.4 Å². The van der Waals surface area contributed by atoms with Gasteiger partial charge in [0.2, 0.25) is 5.88 Å². The maximum absolute atomic E-state index is 5.30. The highest BCUT2D eigenvalue weighted by Gasteiger charge is 2.10. The molecular formula is C11H11NO2. The number of benzene rings is 1. The Morgan fingerprint density at radius 3 is 3.14 bits per heavy atom. The quantitative estimate of drug-likeness (QED) is 0.738. The van der Waals surface area contributed by atoms with Gasteiger partial charge in [0.25, 0.3) is 0 Å². The van der Waals surface area contributed by atoms with E-state index in [2.05, 4.69) is 12.1 Å². The molecular weight excluding hydrogens is 178 g/mol. The van der Waals surface area contributed by atoms with Gasteiger partial charge in [-0.2, -0.15) is 5.48 Å². The standard InChI is InChI=1S/C11H11NO2/c1-2-7-13-11-8-9-5-3-4-6-10(9)14-12-11/h2-6,8,12H,1,7H2. The predicted octanol–water partition coefficient (Wildman–Crippen LogP) is 2.08. The fourth-order valence-corrected chi connectivity index (χ4v) is 1.19. The molecule has 0 atom stereocenters. The molecule has 3 nitrogen and oxygen atoms in total. The molecule has 0 fully saturated rings. The Morgan fingerprint density at radius 2 is 2.29 bits per heavy atom. The zero-order valence-corrected chi connectivity index (χ0v) is 7.69. The van der Waals surface area contributed by atoms with E-state index < -0.39 is 0 Å². The fraction of sp³-hybridized carbons (Fsp3) is 0.0909. The van der Waals surface area contributed by atoms with Crippen molar-refractivity contribution in [3.8, 4) is 5.75 Å². The van der Waals surface area contributed by atoms with Crippen LogP contribution in [0.2, 0.25) is 0 Å². The van der Waals surface area contributed by atoms with Crippen molar-refractivity contribution in [3.63, 3.8) is 0 Å². The van der Waals surface area contributed by atoms with Gasteiger partial charge >= 0.3 is 0 Å². The van der Waals surface area contributed by atoms with E-state index in [1.54, 1.807) is 6.08 Å². The number of hydrogen-bond donors (Lipinski definition) is 1. The lowest BCUT2D eigenvalue weighted by Crippen LogP contribution is -2.23. The van der Waals surface area contributed by atoms with Gasteiger partial charge in [-0.25, -0.2) is 0 Å². The molecule has 14 heavy (non-hydrogen) atoms. The van der Waals surface area contributed by atoms with E-state index >= 15 is 0 Å². The molecule has 1 aromatic carbocycles. The molecule has 0 aliphatic carbocycles. The molecule has 1 aliphatic heterocycles. The molecule has 1 aliphatic rings. The topological polar surface area (TPSA) is 30.5 Å². The predicted molar refractivity (Wildman–Crippen MR) is 54.3 cm³/mol. The second-order valence-corrected chi connectivity index (χ2v) is 2.85. The largest absolute Gasteiger partial charge is 0.473 e. The van der Waals surface area contributed by atoms with Gasteiger partial charge in [0.1, 0.15) is 6.61 Å². The van der Waals surface area contributed by atoms with Gasteiger partial charge in [0.15, 0.2) is 5.75 Å². The number of rotatable bonds is 3. The van der Waals surface area contributed by atoms with Crippen LogP contribution in [0, 0.1) is 0 Å². The maximum Gasteiger partial charge on any atom is 0.221 e. The van der Waals surface area contributed by atoms with Crippen LogP contribution in [-0.4, -0.2) is 6.61 Å². The summed E-state index contributed by atoms with van der Waals surface area (Å²) in [5, 5.41) is 0. The number of hydroxylamine groups is 1. The monoisotopic (exact) mass is 189 g/mol. The molecule has 1 N–H and O–H groups in total. The van der Waals surface area contributed by atoms with Gasteiger partial charge in [0, 0.05) is 11.6 Å². The molecule has 3 heteroatoms. The SMILES string of the molecule is C=CCOC1=Cc2ccccc2ON1. The summed E-state index contributed by atoms with van der Waals surface area (Å²) in [6.45, 7) is 4.03. The molecule has 0 aromatic heterocycles. The van der Waals surface area contributed by atoms with Gasteiger partial charge in [-0.3, -0.25) is 0 Å². The van der Waals surface area contributed by atoms with E-state index in [1.165, 1.54) is 0 Å². The van der Waals surface area contributed by atoms with Crippen LogP contribution in [0.3, 0.4) is 0 Å². The van der Waals surface area contributed by atoms with Gasteiger partial charge in [-0.15, -0.1) is 0 Å². The third-order valence-electron chi connectivity index (χ3n) is 1.82. The number of hydrogen-bond acceptors (Lipinski definition) is 3. The van der Waals surface area contributed by atoms with Crippen molar-refractivity contribution in [2.24, 2.45) is 0 Å². The number of ether oxygens (including phenoxy) is 1. The average molecular weight is 189 g/mol. The van der Waals surface area contributed by atoms with Crippen LogP contribution in [0.1, 0.15) is 5.56 Å². The van der Waals surface area contributed by atoms with Crippen molar-refractivity contribution in [2.45, 2.75) is 0 Å². The van der Waals surface area contributed by atoms with Crippen molar-refractivity contribution < 1.29 is 9.57 Å². The summed E-state index contributed by atoms with van der Waals surface area (Å²) >= 11 is 0. The summed E-state index contributed by atoms with van der Waals surface area (Å²) in [5.74, 6) is 1.40. The number of para-hydroxylation sites is 1. The Labute approximate surface area is 82.6 Å². The summed E-state index contributed by atoms with van der Waals surface area (Å²) in [7, 11) is 0. The molecule has 2 rings (SSSR count). The van der Waals surface area contributed by atoms with Crippen LogP contribution >= 0.6 is 0 Å². The zero-order chi connectivity index (χ0) is 9.80. The van der Waals surface area contributed by atoms with Gasteiger partial charge in [-0.1, -0.05) is 30.9 Å². The van der Waals surface area contributed by atoms with E-state index in [9.17, 15) is 0 Å². The van der Waals surface area contributed by atoms with Crippen LogP contribution in [0.25, 0.3) is 6.08 Å². The lowest BCUT2D eigenvalue weighted by Gasteiger charge is -2.18. The van der Waals surface area contributed by atoms with Crippen LogP contribution in [0.4, 0.5) is 0 Å². The van der Waals surface area contributed by atoms with Crippen LogP contribution in [0.15, 0.2) is 42.8 Å². The lowest BCUT2D eigenvalue weighted by molar-refractivity contribution is 0.118. The smallest absolute Gasteiger partial charge is 0.221 e. The van der Waals surface area contributed by atoms with Crippen molar-refractivity contribution in [1.29, 1.82) is 0 Å². The van der Waals surface area contributed by atoms with Crippen molar-refractivity contribution >= 4 is 6.08 Å². The van der Waals surface area contributed by atoms with E-state index in [0.29, 0.717) is 12.5 Å². The second kappa shape index (κ2) is 3.87. The summed E-state index contributed by atoms with van der Waals surface area (Å²) < 4.78 is 5.30. The maximum atomic E-state index is 5.30. The normalized spacial score (nSPS) is 13.0. The van der Waals surface area contributed by atoms with Gasteiger partial charge in [0.05, 0.1) is 0 Å². The molecule has 0 amide bonds. The number of fused-ring (bicyclic) bond motifs is 1. The first kappa shape index (κ1) is 8.69. The van der Waals surface area contributed by atoms with E-state index in [0.717, 1.165) is 11.3 Å². The molecule has 1 heterocycles. The molecule has 72 valence electrons. The Morgan fingerprint density at radius 1 is 1.43 bits per heavy atom. The Kier molecular flexibility index (Phi) is 2.40. The Balaban J connectivity index is 2.18. The summed E-state index contributed by atoms with van der Waals surface area (Å²) in [4.78, 5) is 5.26. The Bertz CT molecular complexity index is 371. The van der Waals surface area contributed by atoms with Crippen LogP contribution in [0.5, 0.6) is 5.75 Å². The summed E-state index contributed by atoms with van der Waals surface area (Å²) in [6.07, 6.45) is 3.57. The second-order valence-electron chi connectivity index (χ2n) is 2.85. The molecule has 0 saturated heterocycles. The van der Waals surface area contributed by atoms with Gasteiger partial charge in [-0.05, 0) is 6.07 Å². The van der Waals surface area contributed by atoms with E-state index in [4.69, 9.17) is 9.57 Å². The molecule has 0 radical (unpaired) electrons. The highest BCUT2D eigenvalue weighted by molar-refractivity contribution is 5.59. The third kappa shape index (κ3) is 1.71. The van der Waals surface area contributed by atoms with Crippen LogP contribution in [-0.2, 0) is 4.74 Å². The molecule has 0 saturated carbocycles. The summed E-state index contributed by atoms with van der Waals surface area (Å²) in [5.41, 5.74) is 3.71. The Hall–Kier alpha value is -1.90. The first-order valence-electron chi connectivity index (χ1n) is 4.37. The summed E-state index contributed by atoms with van der Waals surface area (Å²) in [6, 6.07) is 7.73. The fourth-order valence-electron chi connectivity index (χ4n) is 1.19.